The Labute approximate surface area is 107 Å². The first kappa shape index (κ1) is 12.4. The summed E-state index contributed by atoms with van der Waals surface area (Å²) in [5.41, 5.74) is 2.55. The van der Waals surface area contributed by atoms with Crippen LogP contribution in [0.1, 0.15) is 28.4 Å². The molecule has 0 radical (unpaired) electrons. The van der Waals surface area contributed by atoms with Crippen molar-refractivity contribution >= 4 is 5.78 Å². The van der Waals surface area contributed by atoms with E-state index in [1.165, 1.54) is 5.56 Å². The van der Waals surface area contributed by atoms with Crippen LogP contribution < -0.4 is 4.74 Å². The van der Waals surface area contributed by atoms with E-state index in [1.807, 2.05) is 42.5 Å². The molecule has 0 saturated carbocycles. The fourth-order valence-corrected chi connectivity index (χ4v) is 1.86. The van der Waals surface area contributed by atoms with Crippen LogP contribution in [0.5, 0.6) is 5.75 Å². The molecule has 0 fully saturated rings. The number of ether oxygens (including phenoxy) is 1. The van der Waals surface area contributed by atoms with Crippen LogP contribution in [0.25, 0.3) is 0 Å². The topological polar surface area (TPSA) is 26.3 Å². The number of hydrogen-bond acceptors (Lipinski definition) is 2. The van der Waals surface area contributed by atoms with Crippen LogP contribution in [-0.2, 0) is 6.42 Å². The van der Waals surface area contributed by atoms with Crippen LogP contribution in [0.3, 0.4) is 0 Å². The molecule has 0 saturated heterocycles. The number of carbonyl (C=O) groups is 1. The van der Waals surface area contributed by atoms with Gasteiger partial charge in [-0.25, -0.2) is 0 Å². The smallest absolute Gasteiger partial charge is 0.193 e. The summed E-state index contributed by atoms with van der Waals surface area (Å²) in [6, 6.07) is 15.0. The second-order valence-corrected chi connectivity index (χ2v) is 4.12. The van der Waals surface area contributed by atoms with Crippen molar-refractivity contribution in [2.75, 3.05) is 7.11 Å². The molecule has 0 spiro atoms. The zero-order valence-corrected chi connectivity index (χ0v) is 10.6. The molecule has 2 nitrogen and oxygen atoms in total. The molecular weight excluding hydrogens is 224 g/mol. The molecular formula is C16H16O2. The van der Waals surface area contributed by atoms with Crippen molar-refractivity contribution < 1.29 is 9.53 Å². The summed E-state index contributed by atoms with van der Waals surface area (Å²) in [6.07, 6.45) is 0.930. The second-order valence-electron chi connectivity index (χ2n) is 4.12. The van der Waals surface area contributed by atoms with Gasteiger partial charge < -0.3 is 4.74 Å². The normalized spacial score (nSPS) is 10.1. The number of rotatable bonds is 4. The van der Waals surface area contributed by atoms with E-state index in [0.29, 0.717) is 11.3 Å². The maximum absolute atomic E-state index is 12.3. The molecule has 0 aliphatic rings. The third kappa shape index (κ3) is 2.59. The average molecular weight is 240 g/mol. The van der Waals surface area contributed by atoms with Crippen molar-refractivity contribution in [3.8, 4) is 5.75 Å². The molecule has 2 aromatic rings. The molecule has 92 valence electrons. The quantitative estimate of drug-likeness (QED) is 0.765. The lowest BCUT2D eigenvalue weighted by molar-refractivity contribution is 0.103. The first-order valence-corrected chi connectivity index (χ1v) is 6.02. The fraction of sp³-hybridized carbons (Fsp3) is 0.188. The van der Waals surface area contributed by atoms with Crippen LogP contribution in [-0.4, -0.2) is 12.9 Å². The van der Waals surface area contributed by atoms with Crippen LogP contribution in [0, 0.1) is 0 Å². The van der Waals surface area contributed by atoms with E-state index in [0.717, 1.165) is 12.0 Å². The lowest BCUT2D eigenvalue weighted by Crippen LogP contribution is -2.02. The van der Waals surface area contributed by atoms with Crippen molar-refractivity contribution in [3.63, 3.8) is 0 Å². The van der Waals surface area contributed by atoms with E-state index < -0.39 is 0 Å². The van der Waals surface area contributed by atoms with Gasteiger partial charge in [0.05, 0.1) is 7.11 Å². The van der Waals surface area contributed by atoms with Gasteiger partial charge in [-0.05, 0) is 30.2 Å². The highest BCUT2D eigenvalue weighted by Crippen LogP contribution is 2.17. The second kappa shape index (κ2) is 5.50. The van der Waals surface area contributed by atoms with Gasteiger partial charge in [-0.15, -0.1) is 0 Å². The molecule has 0 aliphatic heterocycles. The van der Waals surface area contributed by atoms with Gasteiger partial charge in [-0.1, -0.05) is 37.3 Å². The molecule has 0 heterocycles. The van der Waals surface area contributed by atoms with E-state index in [9.17, 15) is 4.79 Å². The van der Waals surface area contributed by atoms with Crippen molar-refractivity contribution in [2.24, 2.45) is 0 Å². The average Bonchev–Trinajstić information content (AvgIpc) is 2.46. The molecule has 0 bridgehead atoms. The highest BCUT2D eigenvalue weighted by molar-refractivity contribution is 6.09. The zero-order valence-electron chi connectivity index (χ0n) is 10.6. The minimum absolute atomic E-state index is 0.0317. The van der Waals surface area contributed by atoms with Crippen molar-refractivity contribution in [2.45, 2.75) is 13.3 Å². The van der Waals surface area contributed by atoms with Gasteiger partial charge in [0.25, 0.3) is 0 Å². The Balaban J connectivity index is 2.34. The Morgan fingerprint density at radius 1 is 1.06 bits per heavy atom. The molecule has 0 atom stereocenters. The van der Waals surface area contributed by atoms with Crippen molar-refractivity contribution in [1.82, 2.24) is 0 Å². The Hall–Kier alpha value is -2.09. The van der Waals surface area contributed by atoms with Gasteiger partial charge in [0.1, 0.15) is 5.75 Å². The molecule has 0 N–H and O–H groups in total. The summed E-state index contributed by atoms with van der Waals surface area (Å²) in [5.74, 6) is 0.733. The number of methoxy groups -OCH3 is 1. The minimum atomic E-state index is 0.0317. The Morgan fingerprint density at radius 3 is 2.39 bits per heavy atom. The first-order chi connectivity index (χ1) is 8.74. The SMILES string of the molecule is CCc1cccc(C(=O)c2cccc(OC)c2)c1. The Morgan fingerprint density at radius 2 is 1.72 bits per heavy atom. The number of ketones is 1. The van der Waals surface area contributed by atoms with Gasteiger partial charge in [0.2, 0.25) is 0 Å². The summed E-state index contributed by atoms with van der Waals surface area (Å²) in [6.45, 7) is 2.08. The largest absolute Gasteiger partial charge is 0.497 e. The van der Waals surface area contributed by atoms with E-state index in [1.54, 1.807) is 13.2 Å². The summed E-state index contributed by atoms with van der Waals surface area (Å²) in [5, 5.41) is 0. The van der Waals surface area contributed by atoms with Gasteiger partial charge in [0, 0.05) is 11.1 Å². The maximum Gasteiger partial charge on any atom is 0.193 e. The van der Waals surface area contributed by atoms with E-state index in [-0.39, 0.29) is 5.78 Å². The van der Waals surface area contributed by atoms with Crippen LogP contribution >= 0.6 is 0 Å². The predicted molar refractivity (Wildman–Crippen MR) is 72.2 cm³/mol. The van der Waals surface area contributed by atoms with E-state index >= 15 is 0 Å². The molecule has 0 unspecified atom stereocenters. The van der Waals surface area contributed by atoms with Crippen LogP contribution in [0.15, 0.2) is 48.5 Å². The highest BCUT2D eigenvalue weighted by atomic mass is 16.5. The molecule has 18 heavy (non-hydrogen) atoms. The number of carbonyl (C=O) groups excluding carboxylic acids is 1. The highest BCUT2D eigenvalue weighted by Gasteiger charge is 2.09. The monoisotopic (exact) mass is 240 g/mol. The zero-order chi connectivity index (χ0) is 13.0. The predicted octanol–water partition coefficient (Wildman–Crippen LogP) is 3.49. The van der Waals surface area contributed by atoms with Gasteiger partial charge in [-0.3, -0.25) is 4.79 Å². The van der Waals surface area contributed by atoms with Crippen LogP contribution in [0.2, 0.25) is 0 Å². The van der Waals surface area contributed by atoms with Crippen LogP contribution in [0.4, 0.5) is 0 Å². The molecule has 0 aromatic heterocycles. The number of benzene rings is 2. The molecule has 2 rings (SSSR count). The molecule has 2 aromatic carbocycles. The maximum atomic E-state index is 12.3. The lowest BCUT2D eigenvalue weighted by atomic mass is 10.0. The summed E-state index contributed by atoms with van der Waals surface area (Å²) in [4.78, 5) is 12.3. The Kier molecular flexibility index (Phi) is 3.78. The number of aryl methyl sites for hydroxylation is 1. The summed E-state index contributed by atoms with van der Waals surface area (Å²) >= 11 is 0. The third-order valence-corrected chi connectivity index (χ3v) is 2.93. The standard InChI is InChI=1S/C16H16O2/c1-3-12-6-4-7-13(10-12)16(17)14-8-5-9-15(11-14)18-2/h4-11H,3H2,1-2H3. The molecule has 0 aliphatic carbocycles. The van der Waals surface area contributed by atoms with E-state index in [2.05, 4.69) is 6.92 Å². The van der Waals surface area contributed by atoms with Crippen molar-refractivity contribution in [3.05, 3.63) is 65.2 Å². The number of hydrogen-bond donors (Lipinski definition) is 0. The third-order valence-electron chi connectivity index (χ3n) is 2.93. The summed E-state index contributed by atoms with van der Waals surface area (Å²) < 4.78 is 5.13. The van der Waals surface area contributed by atoms with Gasteiger partial charge >= 0.3 is 0 Å². The Bertz CT molecular complexity index is 509. The first-order valence-electron chi connectivity index (χ1n) is 6.02. The minimum Gasteiger partial charge on any atom is -0.497 e. The molecule has 2 heteroatoms. The lowest BCUT2D eigenvalue weighted by Gasteiger charge is -2.05. The van der Waals surface area contributed by atoms with Gasteiger partial charge in [0.15, 0.2) is 5.78 Å². The van der Waals surface area contributed by atoms with E-state index in [4.69, 9.17) is 4.74 Å². The molecule has 0 amide bonds. The van der Waals surface area contributed by atoms with Crippen molar-refractivity contribution in [1.29, 1.82) is 0 Å². The summed E-state index contributed by atoms with van der Waals surface area (Å²) in [7, 11) is 1.60. The van der Waals surface area contributed by atoms with Gasteiger partial charge in [-0.2, -0.15) is 0 Å². The fourth-order valence-electron chi connectivity index (χ4n) is 1.86.